The smallest absolute Gasteiger partial charge is 1.00 e. The molecule has 0 rings (SSSR count). The zero-order valence-corrected chi connectivity index (χ0v) is 17.1. The molecule has 0 saturated heterocycles. The molecule has 2 atom stereocenters. The Morgan fingerprint density at radius 3 is 1.11 bits per heavy atom. The molecule has 0 aromatic rings. The minimum Gasteiger partial charge on any atom is -1.00 e. The number of carbonyl (C=O) groups is 2. The van der Waals surface area contributed by atoms with Crippen LogP contribution in [0.3, 0.4) is 0 Å². The third-order valence-electron chi connectivity index (χ3n) is 0.782. The molecule has 2 N–H and O–H groups in total. The van der Waals surface area contributed by atoms with E-state index in [0.717, 1.165) is 0 Å². The summed E-state index contributed by atoms with van der Waals surface area (Å²) >= 11 is 0. The van der Waals surface area contributed by atoms with Gasteiger partial charge in [0.15, 0.2) is 0 Å². The first-order chi connectivity index (χ1) is 6.46. The maximum absolute atomic E-state index is 9.63. The van der Waals surface area contributed by atoms with E-state index < -0.39 is 34.5 Å². The summed E-state index contributed by atoms with van der Waals surface area (Å²) in [6.45, 7) is 0. The second kappa shape index (κ2) is 18.5. The van der Waals surface area contributed by atoms with Crippen LogP contribution in [0.25, 0.3) is 0 Å². The van der Waals surface area contributed by atoms with Crippen LogP contribution >= 0.6 is 0 Å². The summed E-state index contributed by atoms with van der Waals surface area (Å²) in [5.41, 5.74) is 0. The van der Waals surface area contributed by atoms with Crippen molar-refractivity contribution in [3.05, 3.63) is 0 Å². The van der Waals surface area contributed by atoms with Crippen molar-refractivity contribution in [3.8, 4) is 0 Å². The Kier molecular flexibility index (Phi) is 36.5. The van der Waals surface area contributed by atoms with Crippen LogP contribution in [0.1, 0.15) is 2.85 Å². The standard InChI is InChI=1S/C4H6O6.2Cu.K.Na.H2O4S.2H/c5-1(3(7)8)2(6)4(9)10;;;;;1-5(2,3)4;;/h1-2,5-6H,(H,7,8)(H,9,10);;;;;(H2,1,2,3,4);;/q;2*+2;2*+1;;2*-1/p-4. The second-order valence-corrected chi connectivity index (χ2v) is 2.75. The molecule has 0 aliphatic carbocycles. The summed E-state index contributed by atoms with van der Waals surface area (Å²) in [7, 11) is -5.17. The largest absolute Gasteiger partial charge is 2.00 e. The second-order valence-electron chi connectivity index (χ2n) is 1.94. The van der Waals surface area contributed by atoms with Gasteiger partial charge < -0.3 is 42.0 Å². The van der Waals surface area contributed by atoms with Crippen molar-refractivity contribution in [2.45, 2.75) is 12.2 Å². The van der Waals surface area contributed by atoms with Gasteiger partial charge >= 0.3 is 115 Å². The van der Waals surface area contributed by atoms with Crippen LogP contribution in [0, 0.1) is 0 Å². The quantitative estimate of drug-likeness (QED) is 0.243. The SMILES string of the molecule is O=C([O-])C(O)C(O)C(=O)[O-].O=S(=O)([O-])[O-].[Cu+2].[Cu+2].[H-].[H-].[K+].[Na+]. The molecule has 0 spiro atoms. The molecule has 10 nitrogen and oxygen atoms in total. The molecule has 0 saturated carbocycles. The molecular weight excluding hydrogens is 429 g/mol. The summed E-state index contributed by atoms with van der Waals surface area (Å²) in [5.74, 6) is -4.12. The predicted octanol–water partition coefficient (Wildman–Crippen LogP) is -11.9. The maximum Gasteiger partial charge on any atom is 2.00 e. The van der Waals surface area contributed by atoms with Crippen molar-refractivity contribution in [1.82, 2.24) is 0 Å². The number of hydrogen-bond donors (Lipinski definition) is 2. The number of aliphatic hydroxyl groups excluding tert-OH is 2. The predicted molar refractivity (Wildman–Crippen MR) is 34.7 cm³/mol. The molecule has 2 unspecified atom stereocenters. The number of aliphatic hydroxyl groups is 2. The van der Waals surface area contributed by atoms with Gasteiger partial charge in [0.2, 0.25) is 0 Å². The van der Waals surface area contributed by atoms with Crippen molar-refractivity contribution < 1.29 is 165 Å². The van der Waals surface area contributed by atoms with E-state index in [1.165, 1.54) is 0 Å². The monoisotopic (exact) mass is 434 g/mol. The number of carbonyl (C=O) groups excluding carboxylic acids is 2. The summed E-state index contributed by atoms with van der Waals surface area (Å²) in [5, 5.41) is 35.7. The van der Waals surface area contributed by atoms with E-state index in [0.29, 0.717) is 0 Å². The summed E-state index contributed by atoms with van der Waals surface area (Å²) in [4.78, 5) is 19.3. The van der Waals surface area contributed by atoms with Gasteiger partial charge in [0.05, 0.1) is 11.9 Å². The van der Waals surface area contributed by atoms with Crippen LogP contribution in [0.15, 0.2) is 0 Å². The average Bonchev–Trinajstić information content (AvgIpc) is 1.98. The number of carboxylic acid groups (broad SMARTS) is 2. The van der Waals surface area contributed by atoms with Crippen molar-refractivity contribution in [1.29, 1.82) is 0 Å². The van der Waals surface area contributed by atoms with E-state index in [1.807, 2.05) is 0 Å². The van der Waals surface area contributed by atoms with E-state index in [-0.39, 0.29) is 118 Å². The molecule has 0 fully saturated rings. The normalized spacial score (nSPS) is 11.4. The molecule has 0 aromatic carbocycles. The van der Waals surface area contributed by atoms with Gasteiger partial charge in [-0.2, -0.15) is 0 Å². The minimum absolute atomic E-state index is 0. The molecule has 19 heavy (non-hydrogen) atoms. The summed E-state index contributed by atoms with van der Waals surface area (Å²) in [6.07, 6.45) is -4.88. The van der Waals surface area contributed by atoms with Gasteiger partial charge in [-0.05, 0) is 0 Å². The molecule has 0 amide bonds. The zero-order valence-electron chi connectivity index (χ0n) is 11.3. The Morgan fingerprint density at radius 1 is 0.947 bits per heavy atom. The Bertz CT molecular complexity index is 320. The third-order valence-corrected chi connectivity index (χ3v) is 0.782. The van der Waals surface area contributed by atoms with E-state index in [4.69, 9.17) is 27.7 Å². The van der Waals surface area contributed by atoms with Gasteiger partial charge in [0.1, 0.15) is 12.2 Å². The van der Waals surface area contributed by atoms with E-state index in [2.05, 4.69) is 0 Å². The van der Waals surface area contributed by atoms with Crippen molar-refractivity contribution in [2.75, 3.05) is 0 Å². The van der Waals surface area contributed by atoms with Crippen LogP contribution in [-0.4, -0.2) is 51.9 Å². The number of aliphatic carboxylic acids is 2. The van der Waals surface area contributed by atoms with Crippen LogP contribution < -0.4 is 91.2 Å². The maximum atomic E-state index is 9.63. The fraction of sp³-hybridized carbons (Fsp3) is 0.500. The Morgan fingerprint density at radius 2 is 1.05 bits per heavy atom. The fourth-order valence-corrected chi connectivity index (χ4v) is 0.258. The van der Waals surface area contributed by atoms with E-state index in [9.17, 15) is 19.8 Å². The molecule has 0 aromatic heterocycles. The van der Waals surface area contributed by atoms with Gasteiger partial charge in [-0.1, -0.05) is 0 Å². The summed E-state index contributed by atoms with van der Waals surface area (Å²) in [6, 6.07) is 0. The number of rotatable bonds is 3. The van der Waals surface area contributed by atoms with Crippen molar-refractivity contribution in [2.24, 2.45) is 0 Å². The van der Waals surface area contributed by atoms with Gasteiger partial charge in [0.25, 0.3) is 0 Å². The first-order valence-electron chi connectivity index (χ1n) is 2.91. The Hall–Kier alpha value is 2.41. The van der Waals surface area contributed by atoms with E-state index in [1.54, 1.807) is 0 Å². The molecule has 0 heterocycles. The molecule has 0 aliphatic rings. The number of carboxylic acids is 2. The molecule has 112 valence electrons. The van der Waals surface area contributed by atoms with E-state index >= 15 is 0 Å². The first-order valence-corrected chi connectivity index (χ1v) is 4.24. The Labute approximate surface area is 196 Å². The summed E-state index contributed by atoms with van der Waals surface area (Å²) < 4.78 is 34.1. The van der Waals surface area contributed by atoms with Crippen LogP contribution in [0.2, 0.25) is 0 Å². The average molecular weight is 435 g/mol. The van der Waals surface area contributed by atoms with Gasteiger partial charge in [-0.25, -0.2) is 0 Å². The Balaban J connectivity index is -0.0000000231. The van der Waals surface area contributed by atoms with Crippen LogP contribution in [0.4, 0.5) is 0 Å². The zero-order chi connectivity index (χ0) is 12.8. The topological polar surface area (TPSA) is 201 Å². The van der Waals surface area contributed by atoms with Gasteiger partial charge in [0, 0.05) is 10.4 Å². The fourth-order valence-electron chi connectivity index (χ4n) is 0.258. The third kappa shape index (κ3) is 33.3. The first kappa shape index (κ1) is 37.6. The molecule has 2 radical (unpaired) electrons. The van der Waals surface area contributed by atoms with Crippen molar-refractivity contribution >= 4 is 22.3 Å². The van der Waals surface area contributed by atoms with Crippen LogP contribution in [-0.2, 0) is 54.1 Å². The molecular formula is C4H6Cu2KNaO10S. The molecule has 0 aliphatic heterocycles. The molecule has 0 bridgehead atoms. The van der Waals surface area contributed by atoms with Crippen LogP contribution in [0.5, 0.6) is 0 Å². The number of hydrogen-bond acceptors (Lipinski definition) is 10. The van der Waals surface area contributed by atoms with Gasteiger partial charge in [-0.3, -0.25) is 8.42 Å². The minimum atomic E-state index is -5.17. The molecule has 15 heteroatoms. The van der Waals surface area contributed by atoms with Crippen molar-refractivity contribution in [3.63, 3.8) is 0 Å². The van der Waals surface area contributed by atoms with Gasteiger partial charge in [-0.15, -0.1) is 0 Å².